The second-order valence-electron chi connectivity index (χ2n) is 5.69. The van der Waals surface area contributed by atoms with E-state index >= 15 is 0 Å². The fourth-order valence-corrected chi connectivity index (χ4v) is 2.30. The zero-order valence-corrected chi connectivity index (χ0v) is 10.6. The molecule has 0 radical (unpaired) electrons. The Morgan fingerprint density at radius 3 is 2.53 bits per heavy atom. The monoisotopic (exact) mass is 213 g/mol. The van der Waals surface area contributed by atoms with Crippen molar-refractivity contribution in [2.24, 2.45) is 11.3 Å². The van der Waals surface area contributed by atoms with Crippen LogP contribution in [0, 0.1) is 11.3 Å². The summed E-state index contributed by atoms with van der Waals surface area (Å²) in [6, 6.07) is 0. The maximum absolute atomic E-state index is 5.13. The van der Waals surface area contributed by atoms with Crippen LogP contribution in [0.3, 0.4) is 0 Å². The molecule has 1 aliphatic carbocycles. The lowest BCUT2D eigenvalue weighted by Gasteiger charge is -2.25. The van der Waals surface area contributed by atoms with Gasteiger partial charge in [0.1, 0.15) is 0 Å². The molecule has 0 unspecified atom stereocenters. The number of hydrogen-bond donors (Lipinski definition) is 1. The predicted octanol–water partition coefficient (Wildman–Crippen LogP) is 2.83. The van der Waals surface area contributed by atoms with Crippen molar-refractivity contribution in [1.29, 1.82) is 0 Å². The first-order valence-electron chi connectivity index (χ1n) is 6.34. The molecule has 15 heavy (non-hydrogen) atoms. The van der Waals surface area contributed by atoms with E-state index in [-0.39, 0.29) is 0 Å². The summed E-state index contributed by atoms with van der Waals surface area (Å²) in [6.07, 6.45) is 6.90. The molecule has 0 aromatic heterocycles. The van der Waals surface area contributed by atoms with Gasteiger partial charge in [-0.1, -0.05) is 26.7 Å². The molecule has 0 spiro atoms. The molecule has 0 bridgehead atoms. The summed E-state index contributed by atoms with van der Waals surface area (Å²) >= 11 is 0. The van der Waals surface area contributed by atoms with Gasteiger partial charge in [-0.3, -0.25) is 0 Å². The van der Waals surface area contributed by atoms with Gasteiger partial charge in [0.25, 0.3) is 0 Å². The van der Waals surface area contributed by atoms with Crippen LogP contribution in [0.1, 0.15) is 46.0 Å². The molecule has 1 aliphatic rings. The number of nitrogens with one attached hydrogen (secondary N) is 1. The molecule has 0 amide bonds. The van der Waals surface area contributed by atoms with Gasteiger partial charge in [-0.2, -0.15) is 0 Å². The molecule has 1 rings (SSSR count). The van der Waals surface area contributed by atoms with Gasteiger partial charge in [-0.15, -0.1) is 0 Å². The van der Waals surface area contributed by atoms with Crippen molar-refractivity contribution in [3.63, 3.8) is 0 Å². The predicted molar refractivity (Wildman–Crippen MR) is 65.1 cm³/mol. The van der Waals surface area contributed by atoms with Crippen LogP contribution in [-0.4, -0.2) is 26.8 Å². The Morgan fingerprint density at radius 1 is 1.27 bits per heavy atom. The molecule has 2 nitrogen and oxygen atoms in total. The first kappa shape index (κ1) is 13.0. The van der Waals surface area contributed by atoms with Crippen LogP contribution in [0.15, 0.2) is 0 Å². The van der Waals surface area contributed by atoms with Crippen LogP contribution >= 0.6 is 0 Å². The van der Waals surface area contributed by atoms with Crippen molar-refractivity contribution in [3.05, 3.63) is 0 Å². The summed E-state index contributed by atoms with van der Waals surface area (Å²) in [4.78, 5) is 0. The Labute approximate surface area is 94.8 Å². The topological polar surface area (TPSA) is 21.3 Å². The van der Waals surface area contributed by atoms with E-state index in [9.17, 15) is 0 Å². The van der Waals surface area contributed by atoms with Gasteiger partial charge >= 0.3 is 0 Å². The lowest BCUT2D eigenvalue weighted by molar-refractivity contribution is 0.150. The third kappa shape index (κ3) is 5.53. The van der Waals surface area contributed by atoms with Gasteiger partial charge in [0.15, 0.2) is 0 Å². The summed E-state index contributed by atoms with van der Waals surface area (Å²) in [5, 5.41) is 3.62. The molecule has 0 atom stereocenters. The van der Waals surface area contributed by atoms with Crippen molar-refractivity contribution in [2.45, 2.75) is 46.0 Å². The fourth-order valence-electron chi connectivity index (χ4n) is 2.30. The number of rotatable bonds is 7. The number of methoxy groups -OCH3 is 1. The highest BCUT2D eigenvalue weighted by Gasteiger charge is 2.19. The summed E-state index contributed by atoms with van der Waals surface area (Å²) in [5.41, 5.74) is 0.370. The zero-order chi connectivity index (χ0) is 11.1. The molecule has 0 aromatic rings. The second kappa shape index (κ2) is 6.49. The van der Waals surface area contributed by atoms with Crippen LogP contribution < -0.4 is 5.32 Å². The van der Waals surface area contributed by atoms with Gasteiger partial charge in [-0.25, -0.2) is 0 Å². The summed E-state index contributed by atoms with van der Waals surface area (Å²) in [7, 11) is 1.78. The quantitative estimate of drug-likeness (QED) is 0.702. The Hall–Kier alpha value is -0.0800. The molecule has 90 valence electrons. The van der Waals surface area contributed by atoms with Gasteiger partial charge < -0.3 is 10.1 Å². The van der Waals surface area contributed by atoms with Crippen LogP contribution in [0.4, 0.5) is 0 Å². The Bertz CT molecular complexity index is 162. The van der Waals surface area contributed by atoms with Crippen molar-refractivity contribution in [3.8, 4) is 0 Å². The highest BCUT2D eigenvalue weighted by molar-refractivity contribution is 4.74. The molecular weight excluding hydrogens is 186 g/mol. The normalized spacial score (nSPS) is 18.6. The molecule has 0 aliphatic heterocycles. The highest BCUT2D eigenvalue weighted by Crippen LogP contribution is 2.24. The van der Waals surface area contributed by atoms with E-state index in [1.54, 1.807) is 7.11 Å². The van der Waals surface area contributed by atoms with Gasteiger partial charge in [0.2, 0.25) is 0 Å². The first-order chi connectivity index (χ1) is 7.14. The standard InChI is InChI=1S/C13H27NO/c1-13(2,8-9-15-3)11-14-10-12-6-4-5-7-12/h12,14H,4-11H2,1-3H3. The van der Waals surface area contributed by atoms with E-state index in [1.807, 2.05) is 0 Å². The Kier molecular flexibility index (Phi) is 5.62. The molecular formula is C13H27NO. The molecule has 0 aromatic carbocycles. The van der Waals surface area contributed by atoms with Gasteiger partial charge in [0.05, 0.1) is 0 Å². The fraction of sp³-hybridized carbons (Fsp3) is 1.00. The minimum absolute atomic E-state index is 0.370. The van der Waals surface area contributed by atoms with Crippen molar-refractivity contribution in [2.75, 3.05) is 26.8 Å². The minimum atomic E-state index is 0.370. The van der Waals surface area contributed by atoms with Crippen LogP contribution in [-0.2, 0) is 4.74 Å². The van der Waals surface area contributed by atoms with Crippen molar-refractivity contribution < 1.29 is 4.74 Å². The number of hydrogen-bond acceptors (Lipinski definition) is 2. The summed E-state index contributed by atoms with van der Waals surface area (Å²) in [6.45, 7) is 7.84. The first-order valence-corrected chi connectivity index (χ1v) is 6.34. The molecule has 1 fully saturated rings. The second-order valence-corrected chi connectivity index (χ2v) is 5.69. The van der Waals surface area contributed by atoms with Gasteiger partial charge in [-0.05, 0) is 37.1 Å². The highest BCUT2D eigenvalue weighted by atomic mass is 16.5. The summed E-state index contributed by atoms with van der Waals surface area (Å²) in [5.74, 6) is 0.947. The molecule has 0 heterocycles. The number of ether oxygens (including phenoxy) is 1. The lowest BCUT2D eigenvalue weighted by atomic mass is 9.89. The Balaban J connectivity index is 2.06. The molecule has 1 saturated carbocycles. The smallest absolute Gasteiger partial charge is 0.0467 e. The maximum atomic E-state index is 5.13. The third-order valence-electron chi connectivity index (χ3n) is 3.49. The van der Waals surface area contributed by atoms with E-state index in [0.717, 1.165) is 25.5 Å². The summed E-state index contributed by atoms with van der Waals surface area (Å²) < 4.78 is 5.13. The van der Waals surface area contributed by atoms with Crippen LogP contribution in [0.5, 0.6) is 0 Å². The third-order valence-corrected chi connectivity index (χ3v) is 3.49. The van der Waals surface area contributed by atoms with E-state index < -0.39 is 0 Å². The SMILES string of the molecule is COCCC(C)(C)CNCC1CCCC1. The molecule has 2 heteroatoms. The molecule has 0 saturated heterocycles. The molecule has 1 N–H and O–H groups in total. The average Bonchev–Trinajstić information content (AvgIpc) is 2.67. The van der Waals surface area contributed by atoms with E-state index in [0.29, 0.717) is 5.41 Å². The van der Waals surface area contributed by atoms with Crippen LogP contribution in [0.25, 0.3) is 0 Å². The van der Waals surface area contributed by atoms with E-state index in [1.165, 1.54) is 32.2 Å². The van der Waals surface area contributed by atoms with Crippen LogP contribution in [0.2, 0.25) is 0 Å². The van der Waals surface area contributed by atoms with Crippen molar-refractivity contribution >= 4 is 0 Å². The van der Waals surface area contributed by atoms with E-state index in [2.05, 4.69) is 19.2 Å². The Morgan fingerprint density at radius 2 is 1.93 bits per heavy atom. The van der Waals surface area contributed by atoms with Crippen molar-refractivity contribution in [1.82, 2.24) is 5.32 Å². The van der Waals surface area contributed by atoms with E-state index in [4.69, 9.17) is 4.74 Å². The average molecular weight is 213 g/mol. The zero-order valence-electron chi connectivity index (χ0n) is 10.6. The largest absolute Gasteiger partial charge is 0.385 e. The maximum Gasteiger partial charge on any atom is 0.0467 e. The van der Waals surface area contributed by atoms with Gasteiger partial charge in [0, 0.05) is 20.3 Å². The lowest BCUT2D eigenvalue weighted by Crippen LogP contribution is -2.33. The minimum Gasteiger partial charge on any atom is -0.385 e.